The van der Waals surface area contributed by atoms with Gasteiger partial charge in [0.15, 0.2) is 17.5 Å². The van der Waals surface area contributed by atoms with Crippen LogP contribution in [0, 0.1) is 5.92 Å². The summed E-state index contributed by atoms with van der Waals surface area (Å²) in [6, 6.07) is 25.9. The summed E-state index contributed by atoms with van der Waals surface area (Å²) in [4.78, 5) is 40.9. The van der Waals surface area contributed by atoms with Gasteiger partial charge in [-0.3, -0.25) is 13.8 Å². The summed E-state index contributed by atoms with van der Waals surface area (Å²) in [6.45, 7) is 3.39. The van der Waals surface area contributed by atoms with E-state index in [2.05, 4.69) is 5.32 Å². The fraction of sp³-hybridized carbons (Fsp3) is 0.276. The van der Waals surface area contributed by atoms with Crippen LogP contribution in [0.15, 0.2) is 91.0 Å². The molecule has 2 amide bonds. The third-order valence-electron chi connectivity index (χ3n) is 6.60. The minimum Gasteiger partial charge on any atom is -0.477 e. The Morgan fingerprint density at radius 1 is 0.868 bits per heavy atom. The van der Waals surface area contributed by atoms with Crippen molar-refractivity contribution in [2.75, 3.05) is 0 Å². The van der Waals surface area contributed by atoms with Gasteiger partial charge in [0.1, 0.15) is 11.1 Å². The molecule has 0 saturated carbocycles. The molecule has 2 saturated heterocycles. The SMILES string of the molecule is CC(C)C(=O)NC1C(C(=O)OC(c2ccccc2)c2ccccc2)N2C(=O)C(Oc3ccccc3)[C@H]2S1=O. The van der Waals surface area contributed by atoms with Gasteiger partial charge in [-0.25, -0.2) is 4.79 Å². The van der Waals surface area contributed by atoms with E-state index < -0.39 is 57.6 Å². The Bertz CT molecular complexity index is 1300. The number of carbonyl (C=O) groups excluding carboxylic acids is 3. The van der Waals surface area contributed by atoms with Gasteiger partial charge in [-0.05, 0) is 23.3 Å². The maximum absolute atomic E-state index is 13.8. The quantitative estimate of drug-likeness (QED) is 0.353. The Balaban J connectivity index is 1.45. The number of amides is 2. The van der Waals surface area contributed by atoms with Crippen LogP contribution in [0.2, 0.25) is 0 Å². The first-order valence-electron chi connectivity index (χ1n) is 12.4. The lowest BCUT2D eigenvalue weighted by Crippen LogP contribution is -2.68. The summed E-state index contributed by atoms with van der Waals surface area (Å²) < 4.78 is 25.5. The maximum atomic E-state index is 13.8. The van der Waals surface area contributed by atoms with Crippen molar-refractivity contribution in [2.24, 2.45) is 5.92 Å². The lowest BCUT2D eigenvalue weighted by molar-refractivity contribution is -0.171. The predicted molar refractivity (Wildman–Crippen MR) is 141 cm³/mol. The standard InChI is InChI=1S/C29H28N2O6S/c1-18(2)25(32)30-26-22(31-27(33)24(28(31)38(26)35)36-21-16-10-5-11-17-21)29(34)37-23(19-12-6-3-7-13-19)20-14-8-4-9-15-20/h3-18,22-24,26,28H,1-2H3,(H,30,32)/t22?,24?,26?,28-,38?/m1/s1. The van der Waals surface area contributed by atoms with Crippen LogP contribution >= 0.6 is 0 Å². The fourth-order valence-electron chi connectivity index (χ4n) is 4.62. The van der Waals surface area contributed by atoms with Crippen molar-refractivity contribution in [2.45, 2.75) is 42.8 Å². The lowest BCUT2D eigenvalue weighted by atomic mass is 10.0. The molecule has 5 rings (SSSR count). The van der Waals surface area contributed by atoms with Crippen molar-refractivity contribution >= 4 is 28.6 Å². The van der Waals surface area contributed by atoms with Gasteiger partial charge in [-0.2, -0.15) is 0 Å². The van der Waals surface area contributed by atoms with Crippen molar-refractivity contribution in [1.82, 2.24) is 10.2 Å². The van der Waals surface area contributed by atoms with Crippen LogP contribution in [-0.4, -0.2) is 49.8 Å². The van der Waals surface area contributed by atoms with Crippen LogP contribution in [0.4, 0.5) is 0 Å². The summed E-state index contributed by atoms with van der Waals surface area (Å²) in [5.41, 5.74) is 1.48. The first kappa shape index (κ1) is 25.7. The Morgan fingerprint density at radius 2 is 1.39 bits per heavy atom. The molecule has 3 aromatic rings. The molecule has 0 bridgehead atoms. The first-order valence-corrected chi connectivity index (χ1v) is 13.7. The van der Waals surface area contributed by atoms with E-state index in [1.54, 1.807) is 38.1 Å². The Kier molecular flexibility index (Phi) is 7.28. The molecule has 196 valence electrons. The van der Waals surface area contributed by atoms with E-state index in [0.29, 0.717) is 5.75 Å². The van der Waals surface area contributed by atoms with Crippen LogP contribution in [-0.2, 0) is 29.9 Å². The summed E-state index contributed by atoms with van der Waals surface area (Å²) in [6.07, 6.45) is -1.79. The molecular weight excluding hydrogens is 504 g/mol. The molecule has 2 aliphatic heterocycles. The first-order chi connectivity index (χ1) is 18.4. The van der Waals surface area contributed by atoms with Crippen LogP contribution in [0.25, 0.3) is 0 Å². The maximum Gasteiger partial charge on any atom is 0.333 e. The molecule has 2 fully saturated rings. The average Bonchev–Trinajstić information content (AvgIpc) is 3.20. The molecule has 3 aromatic carbocycles. The van der Waals surface area contributed by atoms with E-state index in [0.717, 1.165) is 11.1 Å². The highest BCUT2D eigenvalue weighted by Gasteiger charge is 2.67. The molecule has 1 N–H and O–H groups in total. The summed E-state index contributed by atoms with van der Waals surface area (Å²) in [5, 5.41) is 0.694. The highest BCUT2D eigenvalue weighted by atomic mass is 32.2. The molecule has 8 nitrogen and oxygen atoms in total. The number of para-hydroxylation sites is 1. The molecule has 0 aromatic heterocycles. The smallest absolute Gasteiger partial charge is 0.333 e. The zero-order valence-corrected chi connectivity index (χ0v) is 21.7. The van der Waals surface area contributed by atoms with E-state index in [4.69, 9.17) is 9.47 Å². The fourth-order valence-corrected chi connectivity index (χ4v) is 6.52. The third kappa shape index (κ3) is 4.81. The van der Waals surface area contributed by atoms with Crippen LogP contribution < -0.4 is 10.1 Å². The number of β-lactam (4-membered cyclic amide) rings is 1. The van der Waals surface area contributed by atoms with Gasteiger partial charge in [-0.1, -0.05) is 92.7 Å². The average molecular weight is 533 g/mol. The molecular formula is C29H28N2O6S. The number of hydrogen-bond donors (Lipinski definition) is 1. The third-order valence-corrected chi connectivity index (χ3v) is 8.43. The molecule has 0 radical (unpaired) electrons. The number of rotatable bonds is 8. The largest absolute Gasteiger partial charge is 0.477 e. The lowest BCUT2D eigenvalue weighted by Gasteiger charge is -2.42. The minimum absolute atomic E-state index is 0.376. The van der Waals surface area contributed by atoms with Gasteiger partial charge >= 0.3 is 5.97 Å². The molecule has 0 spiro atoms. The van der Waals surface area contributed by atoms with Gasteiger partial charge in [0.05, 0.1) is 10.8 Å². The summed E-state index contributed by atoms with van der Waals surface area (Å²) >= 11 is 0. The van der Waals surface area contributed by atoms with Crippen molar-refractivity contribution in [1.29, 1.82) is 0 Å². The number of ether oxygens (including phenoxy) is 2. The van der Waals surface area contributed by atoms with Crippen LogP contribution in [0.1, 0.15) is 31.1 Å². The molecule has 0 aliphatic carbocycles. The zero-order chi connectivity index (χ0) is 26.8. The Hall–Kier alpha value is -3.98. The van der Waals surface area contributed by atoms with Gasteiger partial charge in [0.25, 0.3) is 5.91 Å². The highest BCUT2D eigenvalue weighted by Crippen LogP contribution is 2.40. The van der Waals surface area contributed by atoms with Gasteiger partial charge < -0.3 is 19.7 Å². The Morgan fingerprint density at radius 3 is 1.92 bits per heavy atom. The predicted octanol–water partition coefficient (Wildman–Crippen LogP) is 3.16. The highest BCUT2D eigenvalue weighted by molar-refractivity contribution is 7.86. The number of nitrogens with one attached hydrogen (secondary N) is 1. The molecule has 2 heterocycles. The minimum atomic E-state index is -1.82. The van der Waals surface area contributed by atoms with E-state index in [9.17, 15) is 18.6 Å². The van der Waals surface area contributed by atoms with Crippen molar-refractivity contribution in [3.8, 4) is 5.75 Å². The zero-order valence-electron chi connectivity index (χ0n) is 20.9. The van der Waals surface area contributed by atoms with Crippen LogP contribution in [0.5, 0.6) is 5.75 Å². The normalized spacial score (nSPS) is 24.1. The van der Waals surface area contributed by atoms with Gasteiger partial charge in [-0.15, -0.1) is 0 Å². The summed E-state index contributed by atoms with van der Waals surface area (Å²) in [5.74, 6) is -1.57. The van der Waals surface area contributed by atoms with Crippen molar-refractivity contribution in [3.63, 3.8) is 0 Å². The second-order valence-electron chi connectivity index (χ2n) is 9.48. The van der Waals surface area contributed by atoms with Gasteiger partial charge in [0.2, 0.25) is 12.0 Å². The van der Waals surface area contributed by atoms with Crippen molar-refractivity contribution in [3.05, 3.63) is 102 Å². The van der Waals surface area contributed by atoms with E-state index >= 15 is 0 Å². The van der Waals surface area contributed by atoms with Crippen LogP contribution in [0.3, 0.4) is 0 Å². The Labute approximate surface area is 223 Å². The molecule has 2 aliphatic rings. The topological polar surface area (TPSA) is 102 Å². The van der Waals surface area contributed by atoms with E-state index in [-0.39, 0.29) is 5.91 Å². The monoisotopic (exact) mass is 532 g/mol. The number of fused-ring (bicyclic) bond motifs is 1. The number of hydrogen-bond acceptors (Lipinski definition) is 6. The number of benzene rings is 3. The molecule has 38 heavy (non-hydrogen) atoms. The van der Waals surface area contributed by atoms with E-state index in [1.165, 1.54) is 4.90 Å². The molecule has 9 heteroatoms. The summed E-state index contributed by atoms with van der Waals surface area (Å²) in [7, 11) is -1.82. The number of nitrogens with zero attached hydrogens (tertiary/aromatic N) is 1. The number of carbonyl (C=O) groups is 3. The molecule has 5 atom stereocenters. The second kappa shape index (κ2) is 10.8. The van der Waals surface area contributed by atoms with Gasteiger partial charge in [0, 0.05) is 5.92 Å². The van der Waals surface area contributed by atoms with Crippen molar-refractivity contribution < 1.29 is 28.1 Å². The number of esters is 1. The second-order valence-corrected chi connectivity index (χ2v) is 11.1. The molecule has 4 unspecified atom stereocenters. The van der Waals surface area contributed by atoms with E-state index in [1.807, 2.05) is 66.7 Å².